The molecule has 0 heterocycles. The van der Waals surface area contributed by atoms with Gasteiger partial charge in [0.2, 0.25) is 0 Å². The molecule has 0 spiro atoms. The summed E-state index contributed by atoms with van der Waals surface area (Å²) < 4.78 is 17.9. The Balaban J connectivity index is 1.54. The van der Waals surface area contributed by atoms with E-state index in [9.17, 15) is 20.4 Å². The van der Waals surface area contributed by atoms with Crippen LogP contribution in [0.15, 0.2) is 109 Å². The summed E-state index contributed by atoms with van der Waals surface area (Å²) in [5.74, 6) is 0.628. The van der Waals surface area contributed by atoms with Gasteiger partial charge in [-0.3, -0.25) is 4.79 Å². The standard InChI is InChI=1S/C42H34N2O5/c1-27(2)42(46)49-20-19-48-39-16-12-35-24-33(31-8-4-6-29(22-31)26-44)10-14-37(35)41(39)40-36-13-9-32(30-7-3-5-28(21-30)25-43)23-34(36)11-15-38(40)47-18-17-45/h3-16,21-24,27,45H,17-20H2,1-2H3. The largest absolute Gasteiger partial charge is 0.491 e. The van der Waals surface area contributed by atoms with E-state index in [0.29, 0.717) is 22.6 Å². The highest BCUT2D eigenvalue weighted by molar-refractivity contribution is 6.11. The van der Waals surface area contributed by atoms with Crippen LogP contribution in [0.3, 0.4) is 0 Å². The Kier molecular flexibility index (Phi) is 9.85. The number of aliphatic hydroxyl groups excluding tert-OH is 1. The molecule has 0 atom stereocenters. The Hall–Kier alpha value is -6.15. The average Bonchev–Trinajstić information content (AvgIpc) is 3.14. The van der Waals surface area contributed by atoms with Crippen LogP contribution in [0.2, 0.25) is 0 Å². The van der Waals surface area contributed by atoms with Gasteiger partial charge < -0.3 is 19.3 Å². The Bertz CT molecular complexity index is 2260. The fourth-order valence-electron chi connectivity index (χ4n) is 5.89. The number of hydrogen-bond donors (Lipinski definition) is 1. The fraction of sp³-hybridized carbons (Fsp3) is 0.167. The van der Waals surface area contributed by atoms with Gasteiger partial charge in [-0.15, -0.1) is 0 Å². The van der Waals surface area contributed by atoms with Gasteiger partial charge in [0.15, 0.2) is 0 Å². The Morgan fingerprint density at radius 3 is 1.59 bits per heavy atom. The second-order valence-corrected chi connectivity index (χ2v) is 11.9. The number of rotatable bonds is 11. The first-order valence-corrected chi connectivity index (χ1v) is 16.1. The van der Waals surface area contributed by atoms with E-state index in [-0.39, 0.29) is 38.3 Å². The molecule has 0 fully saturated rings. The molecule has 0 aliphatic heterocycles. The molecule has 6 aromatic carbocycles. The SMILES string of the molecule is CC(C)C(=O)OCCOc1ccc2cc(-c3cccc(C#N)c3)ccc2c1-c1c(OCCO)ccc2cc(-c3cccc(C#N)c3)ccc12. The third-order valence-electron chi connectivity index (χ3n) is 8.27. The summed E-state index contributed by atoms with van der Waals surface area (Å²) >= 11 is 0. The maximum Gasteiger partial charge on any atom is 0.308 e. The highest BCUT2D eigenvalue weighted by Gasteiger charge is 2.20. The van der Waals surface area contributed by atoms with Crippen molar-refractivity contribution in [1.82, 2.24) is 0 Å². The molecule has 0 amide bonds. The van der Waals surface area contributed by atoms with Gasteiger partial charge in [-0.05, 0) is 92.3 Å². The van der Waals surface area contributed by atoms with E-state index in [0.717, 1.165) is 54.9 Å². The van der Waals surface area contributed by atoms with E-state index in [2.05, 4.69) is 24.3 Å². The molecule has 0 unspecified atom stereocenters. The van der Waals surface area contributed by atoms with Crippen LogP contribution in [0.4, 0.5) is 0 Å². The van der Waals surface area contributed by atoms with Crippen molar-refractivity contribution in [3.05, 3.63) is 120 Å². The molecule has 0 aliphatic carbocycles. The molecule has 0 aromatic heterocycles. The summed E-state index contributed by atoms with van der Waals surface area (Å²) in [5.41, 5.74) is 6.54. The maximum absolute atomic E-state index is 12.1. The van der Waals surface area contributed by atoms with Crippen molar-refractivity contribution in [3.8, 4) is 57.0 Å². The van der Waals surface area contributed by atoms with Gasteiger partial charge >= 0.3 is 5.97 Å². The van der Waals surface area contributed by atoms with Crippen LogP contribution in [0, 0.1) is 28.6 Å². The van der Waals surface area contributed by atoms with Gasteiger partial charge in [-0.2, -0.15) is 10.5 Å². The van der Waals surface area contributed by atoms with Gasteiger partial charge in [0.1, 0.15) is 31.3 Å². The van der Waals surface area contributed by atoms with Gasteiger partial charge in [0, 0.05) is 11.1 Å². The molecule has 0 saturated heterocycles. The highest BCUT2D eigenvalue weighted by atomic mass is 16.6. The zero-order valence-electron chi connectivity index (χ0n) is 27.3. The van der Waals surface area contributed by atoms with Gasteiger partial charge in [0.25, 0.3) is 0 Å². The number of hydrogen-bond acceptors (Lipinski definition) is 7. The van der Waals surface area contributed by atoms with Crippen LogP contribution >= 0.6 is 0 Å². The van der Waals surface area contributed by atoms with Crippen molar-refractivity contribution >= 4 is 27.5 Å². The lowest BCUT2D eigenvalue weighted by atomic mass is 9.89. The zero-order chi connectivity index (χ0) is 34.3. The number of nitrogens with zero attached hydrogens (tertiary/aromatic N) is 2. The summed E-state index contributed by atoms with van der Waals surface area (Å²) in [6.07, 6.45) is 0. The van der Waals surface area contributed by atoms with E-state index >= 15 is 0 Å². The van der Waals surface area contributed by atoms with Crippen LogP contribution in [0.25, 0.3) is 54.9 Å². The third kappa shape index (κ3) is 7.09. The van der Waals surface area contributed by atoms with Crippen molar-refractivity contribution in [2.45, 2.75) is 13.8 Å². The highest BCUT2D eigenvalue weighted by Crippen LogP contribution is 2.46. The number of ether oxygens (including phenoxy) is 3. The molecular weight excluding hydrogens is 612 g/mol. The summed E-state index contributed by atoms with van der Waals surface area (Å²) in [5, 5.41) is 32.3. The molecule has 0 radical (unpaired) electrons. The van der Waals surface area contributed by atoms with E-state index in [4.69, 9.17) is 14.2 Å². The van der Waals surface area contributed by atoms with E-state index < -0.39 is 0 Å². The number of benzene rings is 6. The molecule has 1 N–H and O–H groups in total. The molecule has 0 saturated carbocycles. The summed E-state index contributed by atoms with van der Waals surface area (Å²) in [6.45, 7) is 3.76. The molecule has 7 nitrogen and oxygen atoms in total. The van der Waals surface area contributed by atoms with Crippen molar-refractivity contribution < 1.29 is 24.1 Å². The second-order valence-electron chi connectivity index (χ2n) is 11.9. The Labute approximate surface area is 285 Å². The van der Waals surface area contributed by atoms with E-state index in [1.807, 2.05) is 84.9 Å². The molecule has 6 aromatic rings. The molecular formula is C42H34N2O5. The first-order chi connectivity index (χ1) is 23.9. The summed E-state index contributed by atoms with van der Waals surface area (Å²) in [7, 11) is 0. The first-order valence-electron chi connectivity index (χ1n) is 16.1. The smallest absolute Gasteiger partial charge is 0.308 e. The predicted octanol–water partition coefficient (Wildman–Crippen LogP) is 8.69. The predicted molar refractivity (Wildman–Crippen MR) is 191 cm³/mol. The van der Waals surface area contributed by atoms with Crippen molar-refractivity contribution in [3.63, 3.8) is 0 Å². The van der Waals surface area contributed by atoms with Crippen LogP contribution in [-0.2, 0) is 9.53 Å². The van der Waals surface area contributed by atoms with Crippen molar-refractivity contribution in [2.24, 2.45) is 5.92 Å². The minimum absolute atomic E-state index is 0.0944. The quantitative estimate of drug-likeness (QED) is 0.111. The van der Waals surface area contributed by atoms with Crippen LogP contribution in [0.1, 0.15) is 25.0 Å². The first kappa shape index (κ1) is 32.8. The molecule has 49 heavy (non-hydrogen) atoms. The molecule has 6 rings (SSSR count). The Morgan fingerprint density at radius 2 is 1.12 bits per heavy atom. The third-order valence-corrected chi connectivity index (χ3v) is 8.27. The van der Waals surface area contributed by atoms with Crippen LogP contribution in [-0.4, -0.2) is 37.5 Å². The number of carbonyl (C=O) groups excluding carboxylic acids is 1. The minimum Gasteiger partial charge on any atom is -0.491 e. The lowest BCUT2D eigenvalue weighted by Gasteiger charge is -2.20. The number of esters is 1. The second kappa shape index (κ2) is 14.7. The molecule has 0 aliphatic rings. The van der Waals surface area contributed by atoms with Crippen molar-refractivity contribution in [1.29, 1.82) is 10.5 Å². The molecule has 0 bridgehead atoms. The normalized spacial score (nSPS) is 10.9. The van der Waals surface area contributed by atoms with Gasteiger partial charge in [-0.25, -0.2) is 0 Å². The lowest BCUT2D eigenvalue weighted by molar-refractivity contribution is -0.148. The van der Waals surface area contributed by atoms with Gasteiger partial charge in [0.05, 0.1) is 35.8 Å². The zero-order valence-corrected chi connectivity index (χ0v) is 27.3. The molecule has 242 valence electrons. The van der Waals surface area contributed by atoms with E-state index in [1.54, 1.807) is 26.0 Å². The van der Waals surface area contributed by atoms with Crippen LogP contribution in [0.5, 0.6) is 11.5 Å². The lowest BCUT2D eigenvalue weighted by Crippen LogP contribution is -2.16. The van der Waals surface area contributed by atoms with Crippen LogP contribution < -0.4 is 9.47 Å². The van der Waals surface area contributed by atoms with Crippen molar-refractivity contribution in [2.75, 3.05) is 26.4 Å². The minimum atomic E-state index is -0.291. The fourth-order valence-corrected chi connectivity index (χ4v) is 5.89. The number of fused-ring (bicyclic) bond motifs is 2. The number of nitriles is 2. The Morgan fingerprint density at radius 1 is 0.633 bits per heavy atom. The summed E-state index contributed by atoms with van der Waals surface area (Å²) in [6, 6.07) is 39.5. The topological polar surface area (TPSA) is 113 Å². The average molecular weight is 647 g/mol. The number of carbonyl (C=O) groups is 1. The number of aliphatic hydroxyl groups is 1. The van der Waals surface area contributed by atoms with E-state index in [1.165, 1.54) is 0 Å². The monoisotopic (exact) mass is 646 g/mol. The molecule has 7 heteroatoms. The maximum atomic E-state index is 12.1. The summed E-state index contributed by atoms with van der Waals surface area (Å²) in [4.78, 5) is 12.1. The van der Waals surface area contributed by atoms with Gasteiger partial charge in [-0.1, -0.05) is 74.5 Å².